The smallest absolute Gasteiger partial charge is 0.304 e. The molecule has 2 aromatic rings. The van der Waals surface area contributed by atoms with Crippen LogP contribution in [0.25, 0.3) is 0 Å². The lowest BCUT2D eigenvalue weighted by molar-refractivity contribution is -0.148. The van der Waals surface area contributed by atoms with Crippen LogP contribution in [0.2, 0.25) is 10.0 Å². The highest BCUT2D eigenvalue weighted by atomic mass is 35.5. The van der Waals surface area contributed by atoms with Crippen molar-refractivity contribution in [2.75, 3.05) is 0 Å². The summed E-state index contributed by atoms with van der Waals surface area (Å²) in [6.07, 6.45) is 1.42. The zero-order valence-corrected chi connectivity index (χ0v) is 20.7. The van der Waals surface area contributed by atoms with Crippen molar-refractivity contribution in [3.63, 3.8) is 0 Å². The molecule has 0 aliphatic carbocycles. The summed E-state index contributed by atoms with van der Waals surface area (Å²) in [6.45, 7) is 5.20. The maximum absolute atomic E-state index is 13.2. The lowest BCUT2D eigenvalue weighted by atomic mass is 9.64. The molecule has 0 unspecified atom stereocenters. The van der Waals surface area contributed by atoms with Crippen LogP contribution in [0.5, 0.6) is 0 Å². The van der Waals surface area contributed by atoms with Crippen LogP contribution in [-0.2, 0) is 16.0 Å². The van der Waals surface area contributed by atoms with E-state index in [2.05, 4.69) is 5.32 Å². The number of piperidine rings is 1. The van der Waals surface area contributed by atoms with Gasteiger partial charge in [0.2, 0.25) is 5.91 Å². The van der Waals surface area contributed by atoms with Gasteiger partial charge in [0.1, 0.15) is 0 Å². The van der Waals surface area contributed by atoms with Gasteiger partial charge in [0.05, 0.1) is 17.4 Å². The van der Waals surface area contributed by atoms with Gasteiger partial charge in [-0.1, -0.05) is 54.4 Å². The van der Waals surface area contributed by atoms with Crippen LogP contribution in [0.15, 0.2) is 48.5 Å². The van der Waals surface area contributed by atoms with E-state index in [1.165, 1.54) is 0 Å². The molecule has 1 aliphatic rings. The van der Waals surface area contributed by atoms with Crippen LogP contribution in [-0.4, -0.2) is 33.7 Å². The number of hydrogen-bond acceptors (Lipinski definition) is 3. The first kappa shape index (κ1) is 25.5. The van der Waals surface area contributed by atoms with Crippen molar-refractivity contribution in [1.82, 2.24) is 5.32 Å². The highest BCUT2D eigenvalue weighted by Gasteiger charge is 2.50. The standard InChI is InChI=1S/C26H31Cl2NO4/c1-25(2,33)21(12-9-16-7-10-18(27)11-8-16)23-20(17-5-4-6-19(28)13-17)14-26(3,15-22(30)31)24(32)29-23/h4-8,10-11,13,20-21,23,33H,9,12,14-15H2,1-3H3,(H,29,32)(H,30,31)/t20-,21+,23+,26+/m1/s1. The molecule has 7 heteroatoms. The highest BCUT2D eigenvalue weighted by molar-refractivity contribution is 6.30. The minimum Gasteiger partial charge on any atom is -0.481 e. The van der Waals surface area contributed by atoms with E-state index in [0.717, 1.165) is 11.1 Å². The van der Waals surface area contributed by atoms with Crippen LogP contribution in [0.3, 0.4) is 0 Å². The van der Waals surface area contributed by atoms with Gasteiger partial charge in [-0.3, -0.25) is 9.59 Å². The molecule has 178 valence electrons. The van der Waals surface area contributed by atoms with Gasteiger partial charge in [-0.05, 0) is 68.5 Å². The fourth-order valence-corrected chi connectivity index (χ4v) is 5.33. The van der Waals surface area contributed by atoms with Gasteiger partial charge >= 0.3 is 5.97 Å². The molecule has 0 bridgehead atoms. The number of carboxylic acids is 1. The Balaban J connectivity index is 1.97. The normalized spacial score (nSPS) is 24.2. The molecule has 1 amide bonds. The van der Waals surface area contributed by atoms with E-state index in [9.17, 15) is 19.8 Å². The van der Waals surface area contributed by atoms with Gasteiger partial charge in [-0.25, -0.2) is 0 Å². The third-order valence-electron chi connectivity index (χ3n) is 6.77. The number of nitrogens with one attached hydrogen (secondary N) is 1. The minimum absolute atomic E-state index is 0.201. The number of aliphatic hydroxyl groups is 1. The summed E-state index contributed by atoms with van der Waals surface area (Å²) in [4.78, 5) is 24.7. The second-order valence-electron chi connectivity index (χ2n) is 9.92. The number of carbonyl (C=O) groups is 2. The SMILES string of the molecule is CC(C)(O)[C@@H](CCc1ccc(Cl)cc1)[C@H]1NC(=O)[C@](C)(CC(=O)O)C[C@@H]1c1cccc(Cl)c1. The Kier molecular flexibility index (Phi) is 7.77. The van der Waals surface area contributed by atoms with Crippen molar-refractivity contribution in [3.8, 4) is 0 Å². The molecule has 5 nitrogen and oxygen atoms in total. The van der Waals surface area contributed by atoms with Crippen molar-refractivity contribution < 1.29 is 19.8 Å². The van der Waals surface area contributed by atoms with Crippen LogP contribution < -0.4 is 5.32 Å². The average Bonchev–Trinajstić information content (AvgIpc) is 2.70. The fourth-order valence-electron chi connectivity index (χ4n) is 5.01. The number of aryl methyl sites for hydroxylation is 1. The third-order valence-corrected chi connectivity index (χ3v) is 7.25. The maximum atomic E-state index is 13.2. The summed E-state index contributed by atoms with van der Waals surface area (Å²) < 4.78 is 0. The molecule has 3 rings (SSSR count). The summed E-state index contributed by atoms with van der Waals surface area (Å²) in [5.41, 5.74) is -0.132. The number of benzene rings is 2. The fraction of sp³-hybridized carbons (Fsp3) is 0.462. The van der Waals surface area contributed by atoms with Crippen molar-refractivity contribution in [2.45, 2.75) is 64.0 Å². The predicted molar refractivity (Wildman–Crippen MR) is 131 cm³/mol. The van der Waals surface area contributed by atoms with Crippen molar-refractivity contribution in [2.24, 2.45) is 11.3 Å². The second-order valence-corrected chi connectivity index (χ2v) is 10.8. The molecule has 1 aliphatic heterocycles. The Hall–Kier alpha value is -2.08. The molecule has 1 heterocycles. The lowest BCUT2D eigenvalue weighted by Gasteiger charge is -2.48. The first-order chi connectivity index (χ1) is 15.4. The summed E-state index contributed by atoms with van der Waals surface area (Å²) in [5.74, 6) is -1.80. The molecule has 0 spiro atoms. The highest BCUT2D eigenvalue weighted by Crippen LogP contribution is 2.45. The Morgan fingerprint density at radius 1 is 1.18 bits per heavy atom. The summed E-state index contributed by atoms with van der Waals surface area (Å²) in [7, 11) is 0. The number of aliphatic carboxylic acids is 1. The minimum atomic E-state index is -1.08. The molecular weight excluding hydrogens is 461 g/mol. The van der Waals surface area contributed by atoms with Crippen LogP contribution in [0.1, 0.15) is 57.1 Å². The van der Waals surface area contributed by atoms with Gasteiger partial charge in [0.15, 0.2) is 0 Å². The van der Waals surface area contributed by atoms with E-state index < -0.39 is 17.0 Å². The van der Waals surface area contributed by atoms with Crippen LogP contribution in [0, 0.1) is 11.3 Å². The number of amides is 1. The van der Waals surface area contributed by atoms with E-state index in [-0.39, 0.29) is 30.2 Å². The van der Waals surface area contributed by atoms with Gasteiger partial charge in [-0.2, -0.15) is 0 Å². The molecule has 0 aromatic heterocycles. The molecule has 33 heavy (non-hydrogen) atoms. The Bertz CT molecular complexity index is 1000. The number of carboxylic acid groups (broad SMARTS) is 1. The van der Waals surface area contributed by atoms with E-state index in [0.29, 0.717) is 29.3 Å². The lowest BCUT2D eigenvalue weighted by Crippen LogP contribution is -2.59. The average molecular weight is 492 g/mol. The van der Waals surface area contributed by atoms with Crippen LogP contribution in [0.4, 0.5) is 0 Å². The Labute approximate surface area is 205 Å². The second kappa shape index (κ2) is 10.0. The topological polar surface area (TPSA) is 86.6 Å². The molecule has 1 fully saturated rings. The quantitative estimate of drug-likeness (QED) is 0.457. The van der Waals surface area contributed by atoms with Gasteiger partial charge in [0, 0.05) is 27.9 Å². The van der Waals surface area contributed by atoms with E-state index in [4.69, 9.17) is 23.2 Å². The summed E-state index contributed by atoms with van der Waals surface area (Å²) in [5, 5.41) is 24.9. The number of carbonyl (C=O) groups excluding carboxylic acids is 1. The van der Waals surface area contributed by atoms with Crippen molar-refractivity contribution in [3.05, 3.63) is 69.7 Å². The van der Waals surface area contributed by atoms with E-state index in [1.54, 1.807) is 26.8 Å². The van der Waals surface area contributed by atoms with E-state index >= 15 is 0 Å². The van der Waals surface area contributed by atoms with Gasteiger partial charge in [0.25, 0.3) is 0 Å². The molecule has 0 saturated carbocycles. The number of hydrogen-bond donors (Lipinski definition) is 3. The third kappa shape index (κ3) is 6.28. The van der Waals surface area contributed by atoms with E-state index in [1.807, 2.05) is 42.5 Å². The maximum Gasteiger partial charge on any atom is 0.304 e. The molecular formula is C26H31Cl2NO4. The van der Waals surface area contributed by atoms with Gasteiger partial charge < -0.3 is 15.5 Å². The predicted octanol–water partition coefficient (Wildman–Crippen LogP) is 5.47. The Morgan fingerprint density at radius 2 is 1.85 bits per heavy atom. The number of rotatable bonds is 8. The van der Waals surface area contributed by atoms with Crippen LogP contribution >= 0.6 is 23.2 Å². The molecule has 1 saturated heterocycles. The summed E-state index contributed by atoms with van der Waals surface area (Å²) >= 11 is 12.3. The largest absolute Gasteiger partial charge is 0.481 e. The van der Waals surface area contributed by atoms with Crippen molar-refractivity contribution >= 4 is 35.1 Å². The first-order valence-electron chi connectivity index (χ1n) is 11.1. The first-order valence-corrected chi connectivity index (χ1v) is 11.9. The molecule has 3 N–H and O–H groups in total. The molecule has 2 aromatic carbocycles. The van der Waals surface area contributed by atoms with Gasteiger partial charge in [-0.15, -0.1) is 0 Å². The monoisotopic (exact) mass is 491 g/mol. The van der Waals surface area contributed by atoms with Crippen molar-refractivity contribution in [1.29, 1.82) is 0 Å². The molecule has 0 radical (unpaired) electrons. The molecule has 4 atom stereocenters. The Morgan fingerprint density at radius 3 is 2.42 bits per heavy atom. The zero-order chi connectivity index (χ0) is 24.4. The number of halogens is 2. The zero-order valence-electron chi connectivity index (χ0n) is 19.1. The summed E-state index contributed by atoms with van der Waals surface area (Å²) in [6, 6.07) is 14.7.